The Kier molecular flexibility index (Phi) is 9.53. The van der Waals surface area contributed by atoms with E-state index in [9.17, 15) is 0 Å². The van der Waals surface area contributed by atoms with Gasteiger partial charge in [-0.05, 0) is 60.6 Å². The molecule has 1 rings (SSSR count). The van der Waals surface area contributed by atoms with Gasteiger partial charge in [0.05, 0.1) is 12.7 Å². The Morgan fingerprint density at radius 3 is 1.79 bits per heavy atom. The number of ether oxygens (including phenoxy) is 2. The van der Waals surface area contributed by atoms with Gasteiger partial charge in [-0.25, -0.2) is 0 Å². The number of hydrogen-bond donors (Lipinski definition) is 0. The van der Waals surface area contributed by atoms with Gasteiger partial charge in [-0.3, -0.25) is 0 Å². The zero-order chi connectivity index (χ0) is 21.4. The molecule has 1 aromatic carbocycles. The Morgan fingerprint density at radius 1 is 0.821 bits per heavy atom. The van der Waals surface area contributed by atoms with E-state index in [2.05, 4.69) is 86.6 Å². The molecule has 0 fully saturated rings. The minimum atomic E-state index is -0.144. The van der Waals surface area contributed by atoms with Gasteiger partial charge in [-0.1, -0.05) is 74.4 Å². The monoisotopic (exact) mass is 390 g/mol. The second-order valence-corrected chi connectivity index (χ2v) is 10.2. The van der Waals surface area contributed by atoms with Crippen molar-refractivity contribution in [1.29, 1.82) is 0 Å². The molecule has 0 saturated heterocycles. The normalized spacial score (nSPS) is 13.2. The van der Waals surface area contributed by atoms with Crippen molar-refractivity contribution in [3.8, 4) is 5.75 Å². The number of hydrogen-bond acceptors (Lipinski definition) is 2. The first kappa shape index (κ1) is 25.0. The van der Waals surface area contributed by atoms with E-state index in [1.807, 2.05) is 0 Å². The zero-order valence-corrected chi connectivity index (χ0v) is 20.2. The van der Waals surface area contributed by atoms with E-state index in [1.54, 1.807) is 0 Å². The SMILES string of the molecule is CCC(CC)OCCC(CC)(CC)Oc1ccc(C(C)(C)CC(C)(C)C)cc1. The Labute approximate surface area is 175 Å². The van der Waals surface area contributed by atoms with Gasteiger partial charge >= 0.3 is 0 Å². The molecule has 2 heteroatoms. The minimum Gasteiger partial charge on any atom is -0.487 e. The molecule has 0 N–H and O–H groups in total. The number of rotatable bonds is 12. The smallest absolute Gasteiger partial charge is 0.120 e. The van der Waals surface area contributed by atoms with Crippen LogP contribution >= 0.6 is 0 Å². The topological polar surface area (TPSA) is 18.5 Å². The van der Waals surface area contributed by atoms with E-state index in [0.29, 0.717) is 11.5 Å². The molecule has 1 aromatic rings. The van der Waals surface area contributed by atoms with E-state index in [4.69, 9.17) is 9.47 Å². The van der Waals surface area contributed by atoms with Crippen LogP contribution in [0.25, 0.3) is 0 Å². The second-order valence-electron chi connectivity index (χ2n) is 10.2. The van der Waals surface area contributed by atoms with Crippen LogP contribution in [0.1, 0.15) is 106 Å². The average Bonchev–Trinajstić information content (AvgIpc) is 2.63. The maximum absolute atomic E-state index is 6.54. The summed E-state index contributed by atoms with van der Waals surface area (Å²) in [6.07, 6.45) is 6.61. The van der Waals surface area contributed by atoms with Crippen molar-refractivity contribution < 1.29 is 9.47 Å². The van der Waals surface area contributed by atoms with Gasteiger partial charge in [0, 0.05) is 6.42 Å². The Hall–Kier alpha value is -1.02. The molecule has 0 aliphatic heterocycles. The summed E-state index contributed by atoms with van der Waals surface area (Å²) in [6, 6.07) is 8.80. The molecule has 0 heterocycles. The predicted molar refractivity (Wildman–Crippen MR) is 122 cm³/mol. The van der Waals surface area contributed by atoms with Crippen LogP contribution in [-0.4, -0.2) is 18.3 Å². The van der Waals surface area contributed by atoms with E-state index >= 15 is 0 Å². The molecule has 0 aromatic heterocycles. The van der Waals surface area contributed by atoms with Crippen LogP contribution in [0.2, 0.25) is 0 Å². The molecule has 0 saturated carbocycles. The summed E-state index contributed by atoms with van der Waals surface area (Å²) in [5.41, 5.74) is 1.71. The van der Waals surface area contributed by atoms with Gasteiger partial charge < -0.3 is 9.47 Å². The highest BCUT2D eigenvalue weighted by atomic mass is 16.5. The van der Waals surface area contributed by atoms with Gasteiger partial charge in [-0.2, -0.15) is 0 Å². The van der Waals surface area contributed by atoms with Crippen LogP contribution in [-0.2, 0) is 10.2 Å². The largest absolute Gasteiger partial charge is 0.487 e. The first-order chi connectivity index (χ1) is 13.0. The Balaban J connectivity index is 2.82. The standard InChI is InChI=1S/C26H46O2/c1-10-22(11-2)27-19-18-26(12-3,13-4)28-23-16-14-21(15-17-23)25(8,9)20-24(5,6)7/h14-17,22H,10-13,18-20H2,1-9H3. The molecule has 0 bridgehead atoms. The highest BCUT2D eigenvalue weighted by molar-refractivity contribution is 5.32. The Bertz CT molecular complexity index is 543. The summed E-state index contributed by atoms with van der Waals surface area (Å²) in [4.78, 5) is 0. The molecule has 0 atom stereocenters. The van der Waals surface area contributed by atoms with Crippen LogP contribution in [0.4, 0.5) is 0 Å². The molecule has 0 unspecified atom stereocenters. The van der Waals surface area contributed by atoms with Gasteiger partial charge in [-0.15, -0.1) is 0 Å². The third kappa shape index (κ3) is 7.78. The minimum absolute atomic E-state index is 0.144. The molecule has 0 spiro atoms. The third-order valence-corrected chi connectivity index (χ3v) is 6.05. The van der Waals surface area contributed by atoms with Crippen molar-refractivity contribution in [3.63, 3.8) is 0 Å². The highest BCUT2D eigenvalue weighted by Gasteiger charge is 2.30. The van der Waals surface area contributed by atoms with Gasteiger partial charge in [0.25, 0.3) is 0 Å². The second kappa shape index (κ2) is 10.7. The third-order valence-electron chi connectivity index (χ3n) is 6.05. The van der Waals surface area contributed by atoms with Crippen molar-refractivity contribution in [3.05, 3.63) is 29.8 Å². The number of benzene rings is 1. The molecule has 162 valence electrons. The lowest BCUT2D eigenvalue weighted by atomic mass is 9.72. The molecular weight excluding hydrogens is 344 g/mol. The van der Waals surface area contributed by atoms with E-state index in [0.717, 1.165) is 50.9 Å². The van der Waals surface area contributed by atoms with Crippen molar-refractivity contribution in [2.24, 2.45) is 5.41 Å². The molecule has 0 amide bonds. The van der Waals surface area contributed by atoms with Crippen LogP contribution in [0.5, 0.6) is 5.75 Å². The quantitative estimate of drug-likeness (QED) is 0.360. The van der Waals surface area contributed by atoms with Crippen LogP contribution in [0.15, 0.2) is 24.3 Å². The summed E-state index contributed by atoms with van der Waals surface area (Å²) in [5, 5.41) is 0. The zero-order valence-electron chi connectivity index (χ0n) is 20.2. The summed E-state index contributed by atoms with van der Waals surface area (Å²) in [7, 11) is 0. The van der Waals surface area contributed by atoms with Gasteiger partial charge in [0.15, 0.2) is 0 Å². The highest BCUT2D eigenvalue weighted by Crippen LogP contribution is 2.37. The van der Waals surface area contributed by atoms with E-state index < -0.39 is 0 Å². The van der Waals surface area contributed by atoms with E-state index in [-0.39, 0.29) is 11.0 Å². The lowest BCUT2D eigenvalue weighted by molar-refractivity contribution is -0.0123. The van der Waals surface area contributed by atoms with E-state index in [1.165, 1.54) is 5.56 Å². The summed E-state index contributed by atoms with van der Waals surface area (Å²) in [6.45, 7) is 21.2. The lowest BCUT2D eigenvalue weighted by Crippen LogP contribution is -2.36. The lowest BCUT2D eigenvalue weighted by Gasteiger charge is -2.35. The fourth-order valence-electron chi connectivity index (χ4n) is 4.39. The van der Waals surface area contributed by atoms with Crippen molar-refractivity contribution in [1.82, 2.24) is 0 Å². The fourth-order valence-corrected chi connectivity index (χ4v) is 4.39. The molecule has 2 nitrogen and oxygen atoms in total. The van der Waals surface area contributed by atoms with Crippen molar-refractivity contribution in [2.45, 2.75) is 118 Å². The van der Waals surface area contributed by atoms with Crippen LogP contribution in [0, 0.1) is 5.41 Å². The predicted octanol–water partition coefficient (Wildman–Crippen LogP) is 7.93. The molecule has 0 aliphatic carbocycles. The van der Waals surface area contributed by atoms with Crippen molar-refractivity contribution >= 4 is 0 Å². The van der Waals surface area contributed by atoms with Gasteiger partial charge in [0.1, 0.15) is 11.4 Å². The van der Waals surface area contributed by atoms with Gasteiger partial charge in [0.2, 0.25) is 0 Å². The van der Waals surface area contributed by atoms with Crippen LogP contribution < -0.4 is 4.74 Å². The summed E-state index contributed by atoms with van der Waals surface area (Å²) < 4.78 is 12.6. The molecular formula is C26H46O2. The molecule has 0 radical (unpaired) electrons. The first-order valence-corrected chi connectivity index (χ1v) is 11.4. The Morgan fingerprint density at radius 2 is 1.36 bits per heavy atom. The first-order valence-electron chi connectivity index (χ1n) is 11.4. The average molecular weight is 391 g/mol. The summed E-state index contributed by atoms with van der Waals surface area (Å²) in [5.74, 6) is 0.974. The van der Waals surface area contributed by atoms with Crippen LogP contribution in [0.3, 0.4) is 0 Å². The molecule has 0 aliphatic rings. The maximum Gasteiger partial charge on any atom is 0.120 e. The maximum atomic E-state index is 6.54. The molecule has 28 heavy (non-hydrogen) atoms. The fraction of sp³-hybridized carbons (Fsp3) is 0.769. The summed E-state index contributed by atoms with van der Waals surface area (Å²) >= 11 is 0. The van der Waals surface area contributed by atoms with Crippen molar-refractivity contribution in [2.75, 3.05) is 6.61 Å².